The van der Waals surface area contributed by atoms with Crippen LogP contribution < -0.4 is 16.2 Å². The molecule has 2 heterocycles. The van der Waals surface area contributed by atoms with Gasteiger partial charge in [0.2, 0.25) is 5.82 Å². The van der Waals surface area contributed by atoms with Gasteiger partial charge in [-0.05, 0) is 29.8 Å². The van der Waals surface area contributed by atoms with Crippen molar-refractivity contribution in [2.45, 2.75) is 6.04 Å². The molecule has 4 aromatic rings. The number of nitrogens with one attached hydrogen (secondary N) is 3. The van der Waals surface area contributed by atoms with E-state index in [1.807, 2.05) is 12.1 Å². The summed E-state index contributed by atoms with van der Waals surface area (Å²) in [5, 5.41) is 6.61. The fraction of sp³-hybridized carbons (Fsp3) is 0.0455. The first-order valence-corrected chi connectivity index (χ1v) is 9.41. The zero-order valence-electron chi connectivity index (χ0n) is 16.2. The Labute approximate surface area is 177 Å². The number of rotatable bonds is 7. The third kappa shape index (κ3) is 4.91. The van der Waals surface area contributed by atoms with Crippen LogP contribution in [0.1, 0.15) is 22.0 Å². The number of hydrazine groups is 1. The summed E-state index contributed by atoms with van der Waals surface area (Å²) in [6, 6.07) is 20.1. The van der Waals surface area contributed by atoms with E-state index in [9.17, 15) is 9.59 Å². The maximum atomic E-state index is 12.9. The lowest BCUT2D eigenvalue weighted by atomic mass is 10.1. The normalized spacial score (nSPS) is 11.4. The summed E-state index contributed by atoms with van der Waals surface area (Å²) in [7, 11) is 0. The van der Waals surface area contributed by atoms with Crippen molar-refractivity contribution >= 4 is 17.8 Å². The largest absolute Gasteiger partial charge is 0.340 e. The van der Waals surface area contributed by atoms with Crippen molar-refractivity contribution in [3.05, 3.63) is 96.3 Å². The van der Waals surface area contributed by atoms with E-state index in [0.717, 1.165) is 5.56 Å². The van der Waals surface area contributed by atoms with E-state index >= 15 is 0 Å². The molecule has 1 unspecified atom stereocenters. The molecule has 2 amide bonds. The predicted molar refractivity (Wildman–Crippen MR) is 112 cm³/mol. The molecule has 0 radical (unpaired) electrons. The van der Waals surface area contributed by atoms with Gasteiger partial charge in [-0.25, -0.2) is 5.43 Å². The zero-order chi connectivity index (χ0) is 21.5. The maximum absolute atomic E-state index is 12.9. The van der Waals surface area contributed by atoms with E-state index < -0.39 is 11.9 Å². The highest BCUT2D eigenvalue weighted by Gasteiger charge is 2.23. The van der Waals surface area contributed by atoms with Gasteiger partial charge in [0.1, 0.15) is 6.04 Å². The molecule has 154 valence electrons. The topological polar surface area (TPSA) is 122 Å². The van der Waals surface area contributed by atoms with Crippen molar-refractivity contribution in [1.82, 2.24) is 25.9 Å². The molecule has 9 heteroatoms. The zero-order valence-corrected chi connectivity index (χ0v) is 16.2. The molecule has 0 saturated carbocycles. The first kappa shape index (κ1) is 19.8. The van der Waals surface area contributed by atoms with E-state index in [0.29, 0.717) is 17.0 Å². The standard InChI is InChI=1S/C22H18N6O3/c29-20(17-9-5-2-6-10-17)24-18(15-7-3-1-4-8-15)21(30)26-27-22-25-19(28-31-22)16-11-13-23-14-12-16/h1-14,18H,(H,24,29)(H,26,30)(H,25,27,28). The molecule has 9 nitrogen and oxygen atoms in total. The maximum Gasteiger partial charge on any atom is 0.340 e. The lowest BCUT2D eigenvalue weighted by Gasteiger charge is -2.18. The fourth-order valence-corrected chi connectivity index (χ4v) is 2.83. The molecule has 3 N–H and O–H groups in total. The monoisotopic (exact) mass is 414 g/mol. The summed E-state index contributed by atoms with van der Waals surface area (Å²) in [6.07, 6.45) is 3.22. The first-order valence-electron chi connectivity index (χ1n) is 9.41. The van der Waals surface area contributed by atoms with Gasteiger partial charge in [0.25, 0.3) is 11.8 Å². The summed E-state index contributed by atoms with van der Waals surface area (Å²) in [5.41, 5.74) is 6.88. The average Bonchev–Trinajstić information content (AvgIpc) is 3.32. The van der Waals surface area contributed by atoms with Gasteiger partial charge in [-0.15, -0.1) is 0 Å². The van der Waals surface area contributed by atoms with Gasteiger partial charge in [0.15, 0.2) is 0 Å². The van der Waals surface area contributed by atoms with Crippen LogP contribution in [0.2, 0.25) is 0 Å². The van der Waals surface area contributed by atoms with E-state index in [2.05, 4.69) is 31.3 Å². The number of hydrogen-bond donors (Lipinski definition) is 3. The fourth-order valence-electron chi connectivity index (χ4n) is 2.83. The van der Waals surface area contributed by atoms with Crippen LogP contribution in [0, 0.1) is 0 Å². The van der Waals surface area contributed by atoms with Crippen molar-refractivity contribution in [2.24, 2.45) is 0 Å². The SMILES string of the molecule is O=C(NC(C(=O)NNc1nc(-c2ccncc2)no1)c1ccccc1)c1ccccc1. The van der Waals surface area contributed by atoms with Crippen LogP contribution in [0.3, 0.4) is 0 Å². The first-order chi connectivity index (χ1) is 15.2. The third-order valence-corrected chi connectivity index (χ3v) is 4.36. The van der Waals surface area contributed by atoms with E-state index in [1.165, 1.54) is 0 Å². The Hall–Kier alpha value is -4.53. The number of anilines is 1. The second-order valence-electron chi connectivity index (χ2n) is 6.46. The second-order valence-corrected chi connectivity index (χ2v) is 6.46. The van der Waals surface area contributed by atoms with E-state index in [-0.39, 0.29) is 11.9 Å². The van der Waals surface area contributed by atoms with Gasteiger partial charge >= 0.3 is 6.01 Å². The molecule has 2 aromatic heterocycles. The van der Waals surface area contributed by atoms with Gasteiger partial charge in [-0.3, -0.25) is 20.0 Å². The Morgan fingerprint density at radius 3 is 2.26 bits per heavy atom. The van der Waals surface area contributed by atoms with Gasteiger partial charge in [0, 0.05) is 23.5 Å². The second kappa shape index (κ2) is 9.31. The molecule has 0 aliphatic carbocycles. The van der Waals surface area contributed by atoms with Gasteiger partial charge in [-0.2, -0.15) is 4.98 Å². The molecule has 0 bridgehead atoms. The minimum atomic E-state index is -0.941. The summed E-state index contributed by atoms with van der Waals surface area (Å²) < 4.78 is 5.11. The number of aromatic nitrogens is 3. The number of pyridine rings is 1. The van der Waals surface area contributed by atoms with Crippen LogP contribution in [-0.4, -0.2) is 26.9 Å². The highest BCUT2D eigenvalue weighted by atomic mass is 16.5. The molecule has 0 aliphatic rings. The van der Waals surface area contributed by atoms with Crippen LogP contribution in [-0.2, 0) is 4.79 Å². The van der Waals surface area contributed by atoms with Gasteiger partial charge in [-0.1, -0.05) is 53.7 Å². The molecule has 0 fully saturated rings. The number of carbonyl (C=O) groups excluding carboxylic acids is 2. The Morgan fingerprint density at radius 1 is 0.871 bits per heavy atom. The Morgan fingerprint density at radius 2 is 1.55 bits per heavy atom. The Kier molecular flexibility index (Phi) is 5.94. The minimum absolute atomic E-state index is 0.00126. The van der Waals surface area contributed by atoms with Crippen LogP contribution in [0.25, 0.3) is 11.4 Å². The number of benzene rings is 2. The van der Waals surface area contributed by atoms with Crippen molar-refractivity contribution < 1.29 is 14.1 Å². The smallest absolute Gasteiger partial charge is 0.336 e. The Bertz CT molecular complexity index is 1150. The molecule has 0 saturated heterocycles. The van der Waals surface area contributed by atoms with Crippen LogP contribution in [0.5, 0.6) is 0 Å². The molecule has 0 aliphatic heterocycles. The summed E-state index contributed by atoms with van der Waals surface area (Å²) in [5.74, 6) is -0.530. The van der Waals surface area contributed by atoms with E-state index in [1.54, 1.807) is 73.1 Å². The molecule has 0 spiro atoms. The predicted octanol–water partition coefficient (Wildman–Crippen LogP) is 2.75. The molecular formula is C22H18N6O3. The van der Waals surface area contributed by atoms with Gasteiger partial charge in [0.05, 0.1) is 0 Å². The van der Waals surface area contributed by atoms with Crippen LogP contribution in [0.15, 0.2) is 89.7 Å². The number of nitrogens with zero attached hydrogens (tertiary/aromatic N) is 3. The van der Waals surface area contributed by atoms with Crippen molar-refractivity contribution in [3.8, 4) is 11.4 Å². The van der Waals surface area contributed by atoms with Crippen molar-refractivity contribution in [2.75, 3.05) is 5.43 Å². The molecule has 4 rings (SSSR count). The van der Waals surface area contributed by atoms with Crippen LogP contribution in [0.4, 0.5) is 6.01 Å². The lowest BCUT2D eigenvalue weighted by Crippen LogP contribution is -2.42. The molecule has 2 aromatic carbocycles. The minimum Gasteiger partial charge on any atom is -0.336 e. The summed E-state index contributed by atoms with van der Waals surface area (Å²) in [6.45, 7) is 0. The summed E-state index contributed by atoms with van der Waals surface area (Å²) in [4.78, 5) is 33.6. The highest BCUT2D eigenvalue weighted by molar-refractivity contribution is 5.98. The number of carbonyl (C=O) groups is 2. The lowest BCUT2D eigenvalue weighted by molar-refractivity contribution is -0.122. The molecular weight excluding hydrogens is 396 g/mol. The van der Waals surface area contributed by atoms with Gasteiger partial charge < -0.3 is 9.84 Å². The van der Waals surface area contributed by atoms with Crippen molar-refractivity contribution in [1.29, 1.82) is 0 Å². The third-order valence-electron chi connectivity index (χ3n) is 4.36. The number of hydrogen-bond acceptors (Lipinski definition) is 7. The van der Waals surface area contributed by atoms with E-state index in [4.69, 9.17) is 4.52 Å². The molecule has 31 heavy (non-hydrogen) atoms. The average molecular weight is 414 g/mol. The molecule has 1 atom stereocenters. The highest BCUT2D eigenvalue weighted by Crippen LogP contribution is 2.17. The summed E-state index contributed by atoms with van der Waals surface area (Å²) >= 11 is 0. The quantitative estimate of drug-likeness (QED) is 0.398. The van der Waals surface area contributed by atoms with Crippen LogP contribution >= 0.6 is 0 Å². The Balaban J connectivity index is 1.46. The van der Waals surface area contributed by atoms with Crippen molar-refractivity contribution in [3.63, 3.8) is 0 Å². The number of amides is 2.